The highest BCUT2D eigenvalue weighted by atomic mass is 16.5. The van der Waals surface area contributed by atoms with Crippen LogP contribution in [-0.2, 0) is 11.2 Å². The van der Waals surface area contributed by atoms with E-state index in [4.69, 9.17) is 4.74 Å². The van der Waals surface area contributed by atoms with Crippen LogP contribution in [0, 0.1) is 5.92 Å². The highest BCUT2D eigenvalue weighted by Gasteiger charge is 2.34. The summed E-state index contributed by atoms with van der Waals surface area (Å²) in [5, 5.41) is 0. The number of rotatable bonds is 5. The molecule has 1 amide bonds. The van der Waals surface area contributed by atoms with Crippen LogP contribution in [-0.4, -0.2) is 55.5 Å². The van der Waals surface area contributed by atoms with Gasteiger partial charge in [0.15, 0.2) is 0 Å². The van der Waals surface area contributed by atoms with Crippen molar-refractivity contribution in [3.63, 3.8) is 0 Å². The number of hydrogen-bond acceptors (Lipinski definition) is 3. The molecule has 1 aliphatic heterocycles. The molecular formula is C17H24N2O2. The lowest BCUT2D eigenvalue weighted by molar-refractivity contribution is -0.134. The number of amides is 1. The topological polar surface area (TPSA) is 32.8 Å². The molecule has 1 heterocycles. The van der Waals surface area contributed by atoms with Crippen molar-refractivity contribution in [1.29, 1.82) is 0 Å². The molecule has 4 heteroatoms. The Morgan fingerprint density at radius 3 is 2.57 bits per heavy atom. The van der Waals surface area contributed by atoms with Crippen molar-refractivity contribution in [2.24, 2.45) is 5.92 Å². The van der Waals surface area contributed by atoms with Crippen molar-refractivity contribution in [1.82, 2.24) is 9.80 Å². The smallest absolute Gasteiger partial charge is 0.225 e. The van der Waals surface area contributed by atoms with Gasteiger partial charge in [-0.05, 0) is 30.9 Å². The monoisotopic (exact) mass is 288 g/mol. The molecule has 1 aromatic rings. The Labute approximate surface area is 126 Å². The number of benzene rings is 1. The third kappa shape index (κ3) is 3.56. The van der Waals surface area contributed by atoms with E-state index in [0.29, 0.717) is 11.8 Å². The molecule has 0 N–H and O–H groups in total. The highest BCUT2D eigenvalue weighted by Crippen LogP contribution is 2.31. The molecule has 2 aliphatic rings. The van der Waals surface area contributed by atoms with Gasteiger partial charge >= 0.3 is 0 Å². The van der Waals surface area contributed by atoms with Crippen molar-refractivity contribution in [2.75, 3.05) is 39.8 Å². The number of piperazine rings is 1. The maximum atomic E-state index is 12.0. The van der Waals surface area contributed by atoms with Gasteiger partial charge in [-0.25, -0.2) is 0 Å². The second-order valence-corrected chi connectivity index (χ2v) is 6.00. The molecule has 0 radical (unpaired) electrons. The van der Waals surface area contributed by atoms with Gasteiger partial charge in [0.2, 0.25) is 5.91 Å². The van der Waals surface area contributed by atoms with E-state index in [2.05, 4.69) is 21.9 Å². The molecule has 4 nitrogen and oxygen atoms in total. The number of methoxy groups -OCH3 is 1. The molecule has 0 atom stereocenters. The lowest BCUT2D eigenvalue weighted by atomic mass is 10.1. The van der Waals surface area contributed by atoms with E-state index >= 15 is 0 Å². The maximum Gasteiger partial charge on any atom is 0.225 e. The largest absolute Gasteiger partial charge is 0.496 e. The predicted molar refractivity (Wildman–Crippen MR) is 82.4 cm³/mol. The fourth-order valence-electron chi connectivity index (χ4n) is 2.97. The lowest BCUT2D eigenvalue weighted by Crippen LogP contribution is -2.49. The number of carbonyl (C=O) groups is 1. The molecule has 114 valence electrons. The Bertz CT molecular complexity index is 491. The average molecular weight is 288 g/mol. The van der Waals surface area contributed by atoms with Crippen LogP contribution >= 0.6 is 0 Å². The highest BCUT2D eigenvalue weighted by molar-refractivity contribution is 5.81. The summed E-state index contributed by atoms with van der Waals surface area (Å²) in [6.07, 6.45) is 3.21. The van der Waals surface area contributed by atoms with Crippen molar-refractivity contribution in [3.05, 3.63) is 29.8 Å². The van der Waals surface area contributed by atoms with E-state index < -0.39 is 0 Å². The van der Waals surface area contributed by atoms with Gasteiger partial charge in [0, 0.05) is 38.6 Å². The van der Waals surface area contributed by atoms with Gasteiger partial charge in [-0.2, -0.15) is 0 Å². The second kappa shape index (κ2) is 6.48. The van der Waals surface area contributed by atoms with Gasteiger partial charge in [0.05, 0.1) is 7.11 Å². The molecule has 1 aliphatic carbocycles. The fourth-order valence-corrected chi connectivity index (χ4v) is 2.97. The quantitative estimate of drug-likeness (QED) is 0.828. The standard InChI is InChI=1S/C17H24N2O2/c1-21-16-5-3-2-4-14(16)8-9-18-10-12-19(13-11-18)17(20)15-6-7-15/h2-5,15H,6-13H2,1H3. The summed E-state index contributed by atoms with van der Waals surface area (Å²) in [6, 6.07) is 8.21. The SMILES string of the molecule is COc1ccccc1CCN1CCN(C(=O)C2CC2)CC1. The van der Waals surface area contributed by atoms with Crippen LogP contribution in [0.25, 0.3) is 0 Å². The summed E-state index contributed by atoms with van der Waals surface area (Å²) in [7, 11) is 1.72. The summed E-state index contributed by atoms with van der Waals surface area (Å²) in [5.41, 5.74) is 1.26. The molecule has 1 aromatic carbocycles. The minimum absolute atomic E-state index is 0.352. The Hall–Kier alpha value is -1.55. The van der Waals surface area contributed by atoms with Gasteiger partial charge in [-0.15, -0.1) is 0 Å². The fraction of sp³-hybridized carbons (Fsp3) is 0.588. The van der Waals surface area contributed by atoms with Crippen LogP contribution in [0.4, 0.5) is 0 Å². The third-order valence-corrected chi connectivity index (χ3v) is 4.50. The van der Waals surface area contributed by atoms with Crippen LogP contribution < -0.4 is 4.74 Å². The minimum atomic E-state index is 0.352. The Morgan fingerprint density at radius 1 is 1.19 bits per heavy atom. The van der Waals surface area contributed by atoms with Gasteiger partial charge in [-0.1, -0.05) is 18.2 Å². The molecular weight excluding hydrogens is 264 g/mol. The maximum absolute atomic E-state index is 12.0. The molecule has 1 saturated heterocycles. The first-order valence-corrected chi connectivity index (χ1v) is 7.91. The zero-order valence-electron chi connectivity index (χ0n) is 12.8. The average Bonchev–Trinajstić information content (AvgIpc) is 3.38. The predicted octanol–water partition coefficient (Wildman–Crippen LogP) is 1.79. The summed E-state index contributed by atoms with van der Waals surface area (Å²) in [4.78, 5) is 16.5. The van der Waals surface area contributed by atoms with E-state index in [1.54, 1.807) is 7.11 Å². The van der Waals surface area contributed by atoms with Crippen molar-refractivity contribution in [2.45, 2.75) is 19.3 Å². The van der Waals surface area contributed by atoms with Gasteiger partial charge in [0.25, 0.3) is 0 Å². The Kier molecular flexibility index (Phi) is 4.44. The zero-order chi connectivity index (χ0) is 14.7. The summed E-state index contributed by atoms with van der Waals surface area (Å²) in [6.45, 7) is 4.80. The van der Waals surface area contributed by atoms with E-state index in [9.17, 15) is 4.79 Å². The number of nitrogens with zero attached hydrogens (tertiary/aromatic N) is 2. The van der Waals surface area contributed by atoms with Crippen LogP contribution in [0.5, 0.6) is 5.75 Å². The first-order valence-electron chi connectivity index (χ1n) is 7.91. The molecule has 0 unspecified atom stereocenters. The molecule has 2 fully saturated rings. The number of hydrogen-bond donors (Lipinski definition) is 0. The van der Waals surface area contributed by atoms with Gasteiger partial charge < -0.3 is 9.64 Å². The van der Waals surface area contributed by atoms with Gasteiger partial charge in [-0.3, -0.25) is 9.69 Å². The molecule has 0 aromatic heterocycles. The summed E-state index contributed by atoms with van der Waals surface area (Å²) >= 11 is 0. The van der Waals surface area contributed by atoms with Crippen molar-refractivity contribution in [3.8, 4) is 5.75 Å². The van der Waals surface area contributed by atoms with E-state index in [-0.39, 0.29) is 0 Å². The molecule has 21 heavy (non-hydrogen) atoms. The van der Waals surface area contributed by atoms with Crippen LogP contribution in [0.1, 0.15) is 18.4 Å². The molecule has 3 rings (SSSR count). The van der Waals surface area contributed by atoms with E-state index in [0.717, 1.165) is 57.7 Å². The lowest BCUT2D eigenvalue weighted by Gasteiger charge is -2.35. The number of carbonyl (C=O) groups excluding carboxylic acids is 1. The Balaban J connectivity index is 1.46. The molecule has 0 bridgehead atoms. The first kappa shape index (κ1) is 14.4. The normalized spacial score (nSPS) is 19.6. The Morgan fingerprint density at radius 2 is 1.90 bits per heavy atom. The number of para-hydroxylation sites is 1. The van der Waals surface area contributed by atoms with Crippen LogP contribution in [0.15, 0.2) is 24.3 Å². The first-order chi connectivity index (χ1) is 10.3. The summed E-state index contributed by atoms with van der Waals surface area (Å²) in [5.74, 6) is 1.71. The second-order valence-electron chi connectivity index (χ2n) is 6.00. The minimum Gasteiger partial charge on any atom is -0.496 e. The van der Waals surface area contributed by atoms with Gasteiger partial charge in [0.1, 0.15) is 5.75 Å². The van der Waals surface area contributed by atoms with E-state index in [1.165, 1.54) is 5.56 Å². The third-order valence-electron chi connectivity index (χ3n) is 4.50. The molecule has 1 saturated carbocycles. The van der Waals surface area contributed by atoms with Crippen molar-refractivity contribution < 1.29 is 9.53 Å². The van der Waals surface area contributed by atoms with Crippen LogP contribution in [0.3, 0.4) is 0 Å². The number of ether oxygens (including phenoxy) is 1. The van der Waals surface area contributed by atoms with Crippen molar-refractivity contribution >= 4 is 5.91 Å². The summed E-state index contributed by atoms with van der Waals surface area (Å²) < 4.78 is 5.40. The van der Waals surface area contributed by atoms with Crippen LogP contribution in [0.2, 0.25) is 0 Å². The zero-order valence-corrected chi connectivity index (χ0v) is 12.8. The van der Waals surface area contributed by atoms with E-state index in [1.807, 2.05) is 12.1 Å². The molecule has 0 spiro atoms.